The Morgan fingerprint density at radius 1 is 1.32 bits per heavy atom. The van der Waals surface area contributed by atoms with E-state index in [0.29, 0.717) is 5.56 Å². The third-order valence-corrected chi connectivity index (χ3v) is 3.67. The maximum atomic E-state index is 13.0. The fourth-order valence-electron chi connectivity index (χ4n) is 2.34. The van der Waals surface area contributed by atoms with Gasteiger partial charge in [0.25, 0.3) is 5.69 Å². The SMILES string of the molecule is COc1ccc(NC(=O)Cn2nc(-c3ccc(F)cc3)oc2=O)c([N+](=O)[O-])c1. The summed E-state index contributed by atoms with van der Waals surface area (Å²) in [7, 11) is 1.35. The lowest BCUT2D eigenvalue weighted by Gasteiger charge is -2.07. The van der Waals surface area contributed by atoms with Gasteiger partial charge in [-0.25, -0.2) is 9.18 Å². The topological polar surface area (TPSA) is 130 Å². The molecule has 1 aromatic heterocycles. The first-order valence-electron chi connectivity index (χ1n) is 7.83. The molecule has 144 valence electrons. The Hall–Kier alpha value is -4.02. The third-order valence-electron chi connectivity index (χ3n) is 3.67. The van der Waals surface area contributed by atoms with Crippen molar-refractivity contribution in [1.29, 1.82) is 0 Å². The van der Waals surface area contributed by atoms with E-state index in [1.807, 2.05) is 0 Å². The molecular formula is C17H13FN4O6. The average molecular weight is 388 g/mol. The normalized spacial score (nSPS) is 10.5. The first-order valence-corrected chi connectivity index (χ1v) is 7.83. The van der Waals surface area contributed by atoms with Crippen LogP contribution in [0.3, 0.4) is 0 Å². The van der Waals surface area contributed by atoms with Gasteiger partial charge in [0, 0.05) is 5.56 Å². The van der Waals surface area contributed by atoms with Crippen LogP contribution in [0.4, 0.5) is 15.8 Å². The van der Waals surface area contributed by atoms with Crippen LogP contribution in [0.15, 0.2) is 51.7 Å². The van der Waals surface area contributed by atoms with E-state index in [0.717, 1.165) is 10.7 Å². The van der Waals surface area contributed by atoms with Crippen LogP contribution >= 0.6 is 0 Å². The molecule has 0 spiro atoms. The van der Waals surface area contributed by atoms with E-state index in [4.69, 9.17) is 9.15 Å². The molecule has 2 aromatic carbocycles. The number of ether oxygens (including phenoxy) is 1. The highest BCUT2D eigenvalue weighted by Gasteiger charge is 2.19. The van der Waals surface area contributed by atoms with Gasteiger partial charge in [0.15, 0.2) is 0 Å². The van der Waals surface area contributed by atoms with Crippen molar-refractivity contribution in [3.05, 3.63) is 68.9 Å². The smallest absolute Gasteiger partial charge is 0.437 e. The third kappa shape index (κ3) is 4.03. The van der Waals surface area contributed by atoms with Crippen LogP contribution < -0.4 is 15.8 Å². The van der Waals surface area contributed by atoms with E-state index < -0.39 is 28.9 Å². The molecule has 0 bridgehead atoms. The number of benzene rings is 2. The van der Waals surface area contributed by atoms with Crippen molar-refractivity contribution < 1.29 is 23.3 Å². The van der Waals surface area contributed by atoms with Gasteiger partial charge in [-0.3, -0.25) is 14.9 Å². The average Bonchev–Trinajstić information content (AvgIpc) is 3.02. The highest BCUT2D eigenvalue weighted by atomic mass is 19.1. The number of hydrogen-bond acceptors (Lipinski definition) is 7. The lowest BCUT2D eigenvalue weighted by Crippen LogP contribution is -2.26. The molecule has 0 radical (unpaired) electrons. The van der Waals surface area contributed by atoms with Gasteiger partial charge in [0.2, 0.25) is 11.8 Å². The Morgan fingerprint density at radius 3 is 2.68 bits per heavy atom. The molecule has 10 nitrogen and oxygen atoms in total. The first kappa shape index (κ1) is 18.8. The zero-order chi connectivity index (χ0) is 20.3. The molecular weight excluding hydrogens is 375 g/mol. The zero-order valence-corrected chi connectivity index (χ0v) is 14.4. The Kier molecular flexibility index (Phi) is 5.16. The van der Waals surface area contributed by atoms with Crippen molar-refractivity contribution in [3.63, 3.8) is 0 Å². The molecule has 1 heterocycles. The molecule has 1 amide bonds. The second kappa shape index (κ2) is 7.70. The van der Waals surface area contributed by atoms with Gasteiger partial charge < -0.3 is 14.5 Å². The van der Waals surface area contributed by atoms with Crippen molar-refractivity contribution >= 4 is 17.3 Å². The van der Waals surface area contributed by atoms with Gasteiger partial charge in [-0.05, 0) is 36.4 Å². The lowest BCUT2D eigenvalue weighted by molar-refractivity contribution is -0.384. The zero-order valence-electron chi connectivity index (χ0n) is 14.4. The largest absolute Gasteiger partial charge is 0.496 e. The number of carbonyl (C=O) groups is 1. The Morgan fingerprint density at radius 2 is 2.04 bits per heavy atom. The summed E-state index contributed by atoms with van der Waals surface area (Å²) in [5.41, 5.74) is -0.0817. The van der Waals surface area contributed by atoms with Gasteiger partial charge in [0.05, 0.1) is 18.1 Å². The summed E-state index contributed by atoms with van der Waals surface area (Å²) in [5, 5.41) is 17.4. The Labute approximate surface area is 156 Å². The summed E-state index contributed by atoms with van der Waals surface area (Å²) in [6.07, 6.45) is 0. The molecule has 28 heavy (non-hydrogen) atoms. The fourth-order valence-corrected chi connectivity index (χ4v) is 2.34. The van der Waals surface area contributed by atoms with Gasteiger partial charge in [-0.15, -0.1) is 5.10 Å². The fraction of sp³-hybridized carbons (Fsp3) is 0.118. The number of methoxy groups -OCH3 is 1. The number of hydrogen-bond donors (Lipinski definition) is 1. The van der Waals surface area contributed by atoms with Crippen LogP contribution in [0.5, 0.6) is 5.75 Å². The molecule has 11 heteroatoms. The van der Waals surface area contributed by atoms with E-state index in [-0.39, 0.29) is 23.0 Å². The number of carbonyl (C=O) groups excluding carboxylic acids is 1. The number of rotatable bonds is 6. The standard InChI is InChI=1S/C17H13FN4O6/c1-27-12-6-7-13(14(8-12)22(25)26)19-15(23)9-21-17(24)28-16(20-21)10-2-4-11(18)5-3-10/h2-8H,9H2,1H3,(H,19,23). The highest BCUT2D eigenvalue weighted by molar-refractivity contribution is 5.93. The van der Waals surface area contributed by atoms with Crippen LogP contribution in [0, 0.1) is 15.9 Å². The molecule has 0 saturated heterocycles. The second-order valence-electron chi connectivity index (χ2n) is 5.53. The Bertz CT molecular complexity index is 1090. The molecule has 3 aromatic rings. The lowest BCUT2D eigenvalue weighted by atomic mass is 10.2. The molecule has 0 atom stereocenters. The number of nitrogens with zero attached hydrogens (tertiary/aromatic N) is 3. The monoisotopic (exact) mass is 388 g/mol. The minimum atomic E-state index is -0.904. The van der Waals surface area contributed by atoms with Crippen molar-refractivity contribution in [2.75, 3.05) is 12.4 Å². The maximum absolute atomic E-state index is 13.0. The first-order chi connectivity index (χ1) is 13.4. The highest BCUT2D eigenvalue weighted by Crippen LogP contribution is 2.28. The van der Waals surface area contributed by atoms with Crippen molar-refractivity contribution in [2.45, 2.75) is 6.54 Å². The number of nitro benzene ring substituents is 1. The summed E-state index contributed by atoms with van der Waals surface area (Å²) < 4.78 is 23.6. The van der Waals surface area contributed by atoms with Gasteiger partial charge in [-0.1, -0.05) is 0 Å². The van der Waals surface area contributed by atoms with Crippen molar-refractivity contribution in [3.8, 4) is 17.2 Å². The van der Waals surface area contributed by atoms with E-state index >= 15 is 0 Å². The molecule has 0 unspecified atom stereocenters. The number of amides is 1. The minimum Gasteiger partial charge on any atom is -0.496 e. The van der Waals surface area contributed by atoms with Gasteiger partial charge >= 0.3 is 5.76 Å². The van der Waals surface area contributed by atoms with Gasteiger partial charge in [-0.2, -0.15) is 4.68 Å². The second-order valence-corrected chi connectivity index (χ2v) is 5.53. The number of nitrogens with one attached hydrogen (secondary N) is 1. The Balaban J connectivity index is 1.78. The van der Waals surface area contributed by atoms with E-state index in [9.17, 15) is 24.1 Å². The molecule has 1 N–H and O–H groups in total. The molecule has 3 rings (SSSR count). The van der Waals surface area contributed by atoms with Gasteiger partial charge in [0.1, 0.15) is 23.8 Å². The summed E-state index contributed by atoms with van der Waals surface area (Å²) in [6, 6.07) is 8.98. The summed E-state index contributed by atoms with van der Waals surface area (Å²) in [5.74, 6) is -1.94. The van der Waals surface area contributed by atoms with Crippen LogP contribution in [0.1, 0.15) is 0 Å². The molecule has 0 aliphatic carbocycles. The quantitative estimate of drug-likeness (QED) is 0.506. The van der Waals surface area contributed by atoms with Crippen molar-refractivity contribution in [1.82, 2.24) is 9.78 Å². The van der Waals surface area contributed by atoms with E-state index in [1.54, 1.807) is 0 Å². The van der Waals surface area contributed by atoms with Crippen LogP contribution in [-0.2, 0) is 11.3 Å². The van der Waals surface area contributed by atoms with E-state index in [2.05, 4.69) is 10.4 Å². The number of halogens is 1. The molecule has 0 aliphatic heterocycles. The van der Waals surface area contributed by atoms with E-state index in [1.165, 1.54) is 43.5 Å². The predicted molar refractivity (Wildman–Crippen MR) is 94.4 cm³/mol. The summed E-state index contributed by atoms with van der Waals surface area (Å²) in [6.45, 7) is -0.535. The summed E-state index contributed by atoms with van der Waals surface area (Å²) >= 11 is 0. The summed E-state index contributed by atoms with van der Waals surface area (Å²) in [4.78, 5) is 34.6. The van der Waals surface area contributed by atoms with Crippen molar-refractivity contribution in [2.24, 2.45) is 0 Å². The molecule has 0 aliphatic rings. The maximum Gasteiger partial charge on any atom is 0.437 e. The van der Waals surface area contributed by atoms with Crippen LogP contribution in [0.2, 0.25) is 0 Å². The van der Waals surface area contributed by atoms with Crippen LogP contribution in [-0.4, -0.2) is 27.7 Å². The molecule has 0 fully saturated rings. The number of anilines is 1. The predicted octanol–water partition coefficient (Wildman–Crippen LogP) is 2.20. The number of nitro groups is 1. The molecule has 0 saturated carbocycles. The number of aromatic nitrogens is 2. The minimum absolute atomic E-state index is 0.0638. The van der Waals surface area contributed by atoms with Crippen LogP contribution in [0.25, 0.3) is 11.5 Å².